The van der Waals surface area contributed by atoms with Gasteiger partial charge in [-0.05, 0) is 59.7 Å². The molecule has 1 amide bonds. The van der Waals surface area contributed by atoms with Gasteiger partial charge in [0.25, 0.3) is 11.5 Å². The van der Waals surface area contributed by atoms with Crippen molar-refractivity contribution in [2.75, 3.05) is 14.2 Å². The molecule has 1 unspecified atom stereocenters. The molecular formula is C29H24BrFN4O4. The maximum Gasteiger partial charge on any atom is 0.267 e. The Hall–Kier alpha value is -4.31. The monoisotopic (exact) mass is 590 g/mol. The minimum Gasteiger partial charge on any atom is -0.493 e. The molecule has 1 aliphatic heterocycles. The van der Waals surface area contributed by atoms with Crippen LogP contribution in [0, 0.1) is 5.82 Å². The molecular weight excluding hydrogens is 567 g/mol. The smallest absolute Gasteiger partial charge is 0.267 e. The molecule has 1 aliphatic rings. The highest BCUT2D eigenvalue weighted by atomic mass is 79.9. The van der Waals surface area contributed by atoms with Crippen molar-refractivity contribution in [3.8, 4) is 22.8 Å². The second kappa shape index (κ2) is 11.2. The SMILES string of the molecule is COc1ccc(-c2ccc(=O)n(CC(=O)N3N=C(c4ccc(Br)cc4)CC3c3ccc(F)cc3)n2)cc1OC. The van der Waals surface area contributed by atoms with Gasteiger partial charge in [0.15, 0.2) is 11.5 Å². The fraction of sp³-hybridized carbons (Fsp3) is 0.172. The van der Waals surface area contributed by atoms with E-state index < -0.39 is 17.5 Å². The number of aromatic nitrogens is 2. The van der Waals surface area contributed by atoms with E-state index in [1.165, 1.54) is 30.3 Å². The molecule has 0 fully saturated rings. The van der Waals surface area contributed by atoms with Gasteiger partial charge in [0.1, 0.15) is 12.4 Å². The molecule has 1 aromatic heterocycles. The molecule has 10 heteroatoms. The van der Waals surface area contributed by atoms with Crippen LogP contribution in [0.5, 0.6) is 11.5 Å². The van der Waals surface area contributed by atoms with Crippen molar-refractivity contribution >= 4 is 27.5 Å². The number of amides is 1. The van der Waals surface area contributed by atoms with Gasteiger partial charge >= 0.3 is 0 Å². The van der Waals surface area contributed by atoms with Crippen molar-refractivity contribution in [1.29, 1.82) is 0 Å². The highest BCUT2D eigenvalue weighted by Gasteiger charge is 2.33. The van der Waals surface area contributed by atoms with Crippen LogP contribution < -0.4 is 15.0 Å². The zero-order chi connectivity index (χ0) is 27.5. The number of ether oxygens (including phenoxy) is 2. The average molecular weight is 591 g/mol. The quantitative estimate of drug-likeness (QED) is 0.295. The van der Waals surface area contributed by atoms with Crippen LogP contribution in [0.3, 0.4) is 0 Å². The third-order valence-corrected chi connectivity index (χ3v) is 6.96. The normalized spacial score (nSPS) is 14.7. The lowest BCUT2D eigenvalue weighted by molar-refractivity contribution is -0.133. The minimum absolute atomic E-state index is 0.325. The summed E-state index contributed by atoms with van der Waals surface area (Å²) in [5.41, 5.74) is 3.06. The molecule has 0 radical (unpaired) electrons. The number of hydrazone groups is 1. The van der Waals surface area contributed by atoms with Crippen LogP contribution in [-0.4, -0.2) is 40.6 Å². The number of carbonyl (C=O) groups is 1. The summed E-state index contributed by atoms with van der Waals surface area (Å²) in [5.74, 6) is 0.284. The Morgan fingerprint density at radius 1 is 0.949 bits per heavy atom. The second-order valence-corrected chi connectivity index (χ2v) is 9.76. The molecule has 0 aliphatic carbocycles. The molecule has 5 rings (SSSR count). The second-order valence-electron chi connectivity index (χ2n) is 8.85. The zero-order valence-corrected chi connectivity index (χ0v) is 22.8. The van der Waals surface area contributed by atoms with Crippen molar-refractivity contribution in [3.05, 3.63) is 111 Å². The van der Waals surface area contributed by atoms with Crippen molar-refractivity contribution in [1.82, 2.24) is 14.8 Å². The van der Waals surface area contributed by atoms with Crippen molar-refractivity contribution < 1.29 is 18.7 Å². The van der Waals surface area contributed by atoms with Crippen LogP contribution in [0.15, 0.2) is 93.2 Å². The molecule has 3 aromatic carbocycles. The maximum atomic E-state index is 13.6. The van der Waals surface area contributed by atoms with E-state index in [2.05, 4.69) is 26.1 Å². The van der Waals surface area contributed by atoms with Gasteiger partial charge < -0.3 is 9.47 Å². The Labute approximate surface area is 232 Å². The fourth-order valence-corrected chi connectivity index (χ4v) is 4.68. The number of rotatable bonds is 7. The number of methoxy groups -OCH3 is 2. The summed E-state index contributed by atoms with van der Waals surface area (Å²) in [6.45, 7) is -0.325. The van der Waals surface area contributed by atoms with Crippen molar-refractivity contribution in [2.45, 2.75) is 19.0 Å². The molecule has 4 aromatic rings. The average Bonchev–Trinajstić information content (AvgIpc) is 3.40. The van der Waals surface area contributed by atoms with E-state index in [4.69, 9.17) is 9.47 Å². The van der Waals surface area contributed by atoms with Gasteiger partial charge in [-0.1, -0.05) is 40.2 Å². The van der Waals surface area contributed by atoms with E-state index in [1.54, 1.807) is 43.5 Å². The first kappa shape index (κ1) is 26.3. The Bertz CT molecular complexity index is 1600. The molecule has 0 saturated carbocycles. The predicted octanol–water partition coefficient (Wildman–Crippen LogP) is 5.21. The van der Waals surface area contributed by atoms with Crippen LogP contribution in [0.1, 0.15) is 23.6 Å². The van der Waals surface area contributed by atoms with Gasteiger partial charge in [-0.3, -0.25) is 9.59 Å². The summed E-state index contributed by atoms with van der Waals surface area (Å²) >= 11 is 3.43. The molecule has 198 valence electrons. The highest BCUT2D eigenvalue weighted by Crippen LogP contribution is 2.34. The van der Waals surface area contributed by atoms with Crippen LogP contribution in [0.25, 0.3) is 11.3 Å². The molecule has 0 bridgehead atoms. The molecule has 2 heterocycles. The number of hydrogen-bond donors (Lipinski definition) is 0. The summed E-state index contributed by atoms with van der Waals surface area (Å²) in [7, 11) is 3.08. The number of carbonyl (C=O) groups excluding carboxylic acids is 1. The van der Waals surface area contributed by atoms with Crippen molar-refractivity contribution in [2.24, 2.45) is 5.10 Å². The first-order valence-electron chi connectivity index (χ1n) is 12.1. The van der Waals surface area contributed by atoms with Crippen LogP contribution in [0.2, 0.25) is 0 Å². The maximum absolute atomic E-state index is 13.6. The van der Waals surface area contributed by atoms with E-state index >= 15 is 0 Å². The molecule has 0 saturated heterocycles. The fourth-order valence-electron chi connectivity index (χ4n) is 4.41. The largest absolute Gasteiger partial charge is 0.493 e. The number of nitrogens with zero attached hydrogens (tertiary/aromatic N) is 4. The van der Waals surface area contributed by atoms with E-state index in [9.17, 15) is 14.0 Å². The van der Waals surface area contributed by atoms with Crippen LogP contribution in [0.4, 0.5) is 4.39 Å². The molecule has 1 atom stereocenters. The van der Waals surface area contributed by atoms with Gasteiger partial charge in [0.2, 0.25) is 0 Å². The van der Waals surface area contributed by atoms with Crippen LogP contribution in [-0.2, 0) is 11.3 Å². The lowest BCUT2D eigenvalue weighted by Crippen LogP contribution is -2.34. The summed E-state index contributed by atoms with van der Waals surface area (Å²) in [6.07, 6.45) is 0.438. The Kier molecular flexibility index (Phi) is 7.56. The lowest BCUT2D eigenvalue weighted by Gasteiger charge is -2.22. The lowest BCUT2D eigenvalue weighted by atomic mass is 9.98. The highest BCUT2D eigenvalue weighted by molar-refractivity contribution is 9.10. The Morgan fingerprint density at radius 3 is 2.33 bits per heavy atom. The van der Waals surface area contributed by atoms with Gasteiger partial charge in [-0.2, -0.15) is 10.2 Å². The Balaban J connectivity index is 1.46. The molecule has 0 N–H and O–H groups in total. The number of benzene rings is 3. The first-order chi connectivity index (χ1) is 18.9. The zero-order valence-electron chi connectivity index (χ0n) is 21.2. The summed E-state index contributed by atoms with van der Waals surface area (Å²) in [6, 6.07) is 21.4. The topological polar surface area (TPSA) is 86.0 Å². The summed E-state index contributed by atoms with van der Waals surface area (Å²) < 4.78 is 26.3. The predicted molar refractivity (Wildman–Crippen MR) is 148 cm³/mol. The third kappa shape index (κ3) is 5.61. The number of halogens is 2. The van der Waals surface area contributed by atoms with Crippen molar-refractivity contribution in [3.63, 3.8) is 0 Å². The summed E-state index contributed by atoms with van der Waals surface area (Å²) in [5, 5.41) is 10.4. The summed E-state index contributed by atoms with van der Waals surface area (Å²) in [4.78, 5) is 26.3. The van der Waals surface area contributed by atoms with Gasteiger partial charge in [-0.25, -0.2) is 14.1 Å². The van der Waals surface area contributed by atoms with E-state index in [0.29, 0.717) is 34.9 Å². The molecule has 39 heavy (non-hydrogen) atoms. The third-order valence-electron chi connectivity index (χ3n) is 6.43. The van der Waals surface area contributed by atoms with Crippen LogP contribution >= 0.6 is 15.9 Å². The molecule has 8 nitrogen and oxygen atoms in total. The van der Waals surface area contributed by atoms with E-state index in [1.807, 2.05) is 24.3 Å². The van der Waals surface area contributed by atoms with E-state index in [-0.39, 0.29) is 12.4 Å². The first-order valence-corrected chi connectivity index (χ1v) is 12.9. The Morgan fingerprint density at radius 2 is 1.64 bits per heavy atom. The minimum atomic E-state index is -0.457. The van der Waals surface area contributed by atoms with E-state index in [0.717, 1.165) is 20.3 Å². The molecule has 0 spiro atoms. The van der Waals surface area contributed by atoms with Gasteiger partial charge in [0.05, 0.1) is 31.7 Å². The number of hydrogen-bond acceptors (Lipinski definition) is 6. The van der Waals surface area contributed by atoms with Gasteiger partial charge in [0, 0.05) is 22.5 Å². The standard InChI is InChI=1S/C29H24BrFN4O4/c1-38-26-13-7-20(15-27(26)39-2)23-12-14-28(36)34(32-23)17-29(37)35-25(19-5-10-22(31)11-6-19)16-24(33-35)18-3-8-21(30)9-4-18/h3-15,25H,16-17H2,1-2H3. The van der Waals surface area contributed by atoms with Gasteiger partial charge in [-0.15, -0.1) is 0 Å².